The second-order valence-electron chi connectivity index (χ2n) is 11.2. The standard InChI is InChI=1S/C30H44N7O9P/c1-3-4-5-6-7-8-9-10-11-14-19-43-28(40)21(2)34-47(42)46-23-16-13-12-15-22(23)44-20-30(35-36-32)26(39)25(38)27(45-30)37-18-17-24(31)33-29(37)41/h12-13,15-18,21,25-27,38-39H,3-11,14,19-20H2,1-2H3,(H2,31,33,41)/t21-,25-,26+,27-,30-/m1/s1. The number of nitrogen functional groups attached to an aromatic ring is 1. The van der Waals surface area contributed by atoms with Crippen LogP contribution in [0, 0.1) is 0 Å². The molecule has 1 saturated heterocycles. The van der Waals surface area contributed by atoms with Crippen LogP contribution in [0.1, 0.15) is 84.3 Å². The molecule has 258 valence electrons. The van der Waals surface area contributed by atoms with Crippen molar-refractivity contribution in [3.8, 4) is 11.5 Å². The van der Waals surface area contributed by atoms with Crippen LogP contribution in [0.2, 0.25) is 0 Å². The summed E-state index contributed by atoms with van der Waals surface area (Å²) in [4.78, 5) is 43.7. The van der Waals surface area contributed by atoms with Crippen molar-refractivity contribution in [1.29, 1.82) is 0 Å². The van der Waals surface area contributed by atoms with Gasteiger partial charge in [-0.25, -0.2) is 9.59 Å². The predicted octanol–water partition coefficient (Wildman–Crippen LogP) is 4.25. The largest absolute Gasteiger partial charge is 0.575 e. The first-order valence-corrected chi connectivity index (χ1v) is 16.9. The van der Waals surface area contributed by atoms with Gasteiger partial charge >= 0.3 is 19.8 Å². The maximum absolute atomic E-state index is 12.7. The predicted molar refractivity (Wildman–Crippen MR) is 171 cm³/mol. The molecule has 17 heteroatoms. The Balaban J connectivity index is 1.53. The Bertz CT molecular complexity index is 1440. The highest BCUT2D eigenvalue weighted by Crippen LogP contribution is 2.40. The minimum absolute atomic E-state index is 0.00480. The number of unbranched alkanes of at least 4 members (excludes halogenated alkanes) is 9. The van der Waals surface area contributed by atoms with Gasteiger partial charge in [0.15, 0.2) is 18.0 Å². The van der Waals surface area contributed by atoms with Gasteiger partial charge in [-0.1, -0.05) is 86.7 Å². The smallest absolute Gasteiger partial charge is 0.395 e. The first kappa shape index (κ1) is 37.7. The van der Waals surface area contributed by atoms with Gasteiger partial charge in [-0.3, -0.25) is 9.09 Å². The first-order valence-electron chi connectivity index (χ1n) is 15.8. The lowest BCUT2D eigenvalue weighted by molar-refractivity contribution is -0.169. The van der Waals surface area contributed by atoms with Crippen LogP contribution in [0.15, 0.2) is 51.2 Å². The van der Waals surface area contributed by atoms with Gasteiger partial charge in [0.2, 0.25) is 11.5 Å². The molecule has 1 unspecified atom stereocenters. The van der Waals surface area contributed by atoms with Gasteiger partial charge in [0.25, 0.3) is 0 Å². The van der Waals surface area contributed by atoms with E-state index in [1.54, 1.807) is 12.1 Å². The lowest BCUT2D eigenvalue weighted by Crippen LogP contribution is -2.46. The number of azide groups is 1. The van der Waals surface area contributed by atoms with Crippen molar-refractivity contribution in [2.45, 2.75) is 108 Å². The summed E-state index contributed by atoms with van der Waals surface area (Å²) in [6.45, 7) is 3.26. The van der Waals surface area contributed by atoms with E-state index in [1.165, 1.54) is 76.3 Å². The Morgan fingerprint density at radius 1 is 1.15 bits per heavy atom. The number of para-hydroxylation sites is 2. The quantitative estimate of drug-likeness (QED) is 0.0447. The summed E-state index contributed by atoms with van der Waals surface area (Å²) in [5, 5.41) is 25.0. The first-order chi connectivity index (χ1) is 22.6. The van der Waals surface area contributed by atoms with E-state index in [1.807, 2.05) is 0 Å². The maximum Gasteiger partial charge on any atom is 0.395 e. The molecule has 1 aliphatic heterocycles. The Labute approximate surface area is 274 Å². The molecule has 0 saturated carbocycles. The molecule has 3 rings (SSSR count). The number of carbonyl (C=O) groups excluding carboxylic acids is 1. The Morgan fingerprint density at radius 3 is 2.43 bits per heavy atom. The van der Waals surface area contributed by atoms with Gasteiger partial charge < -0.3 is 35.1 Å². The van der Waals surface area contributed by atoms with Gasteiger partial charge in [0.1, 0.15) is 24.6 Å². The average molecular weight is 678 g/mol. The number of nitrogens with two attached hydrogens (primary N) is 1. The molecule has 47 heavy (non-hydrogen) atoms. The number of hydrogen-bond donors (Lipinski definition) is 3. The van der Waals surface area contributed by atoms with Crippen LogP contribution in [-0.2, 0) is 14.3 Å². The van der Waals surface area contributed by atoms with E-state index in [-0.39, 0.29) is 23.9 Å². The zero-order valence-corrected chi connectivity index (χ0v) is 27.6. The molecule has 0 radical (unpaired) electrons. The van der Waals surface area contributed by atoms with E-state index in [0.717, 1.165) is 23.8 Å². The van der Waals surface area contributed by atoms with Gasteiger partial charge in [0.05, 0.1) is 6.61 Å². The third-order valence-corrected chi connectivity index (χ3v) is 8.44. The van der Waals surface area contributed by atoms with E-state index in [2.05, 4.69) is 26.7 Å². The van der Waals surface area contributed by atoms with Crippen LogP contribution >= 0.6 is 8.17 Å². The Kier molecular flexibility index (Phi) is 15.3. The number of carbonyl (C=O) groups is 1. The lowest BCUT2D eigenvalue weighted by atomic mass is 10.1. The number of ether oxygens (including phenoxy) is 3. The number of nitrogens with zero attached hydrogens (tertiary/aromatic N) is 6. The molecule has 1 aromatic heterocycles. The SMILES string of the molecule is CCCCCCCCCCCCOC(=O)[C@@H](C)N=[P+]([O-])Oc1ccccc1OC[C@@]1(N=[N+]=[N-])O[C@@H](n2ccc(N)nc2=O)[C@H](O)[C@@H]1O. The molecule has 1 aromatic carbocycles. The molecule has 1 aliphatic rings. The third kappa shape index (κ3) is 11.2. The van der Waals surface area contributed by atoms with Crippen molar-refractivity contribution in [2.24, 2.45) is 9.86 Å². The molecule has 0 amide bonds. The number of aromatic nitrogens is 2. The number of aliphatic hydroxyl groups excluding tert-OH is 2. The number of esters is 1. The molecule has 16 nitrogen and oxygen atoms in total. The van der Waals surface area contributed by atoms with Gasteiger partial charge in [0, 0.05) is 11.1 Å². The summed E-state index contributed by atoms with van der Waals surface area (Å²) in [6, 6.07) is 6.25. The number of aliphatic hydroxyl groups is 2. The van der Waals surface area contributed by atoms with Crippen LogP contribution in [0.3, 0.4) is 0 Å². The van der Waals surface area contributed by atoms with Crippen molar-refractivity contribution in [1.82, 2.24) is 9.55 Å². The normalized spacial score (nSPS) is 21.6. The monoisotopic (exact) mass is 677 g/mol. The molecule has 0 spiro atoms. The Morgan fingerprint density at radius 2 is 1.79 bits per heavy atom. The zero-order valence-electron chi connectivity index (χ0n) is 26.7. The van der Waals surface area contributed by atoms with Crippen molar-refractivity contribution in [3.05, 3.63) is 57.5 Å². The van der Waals surface area contributed by atoms with Crippen molar-refractivity contribution in [2.75, 3.05) is 18.9 Å². The second-order valence-corrected chi connectivity index (χ2v) is 12.1. The minimum atomic E-state index is -2.74. The summed E-state index contributed by atoms with van der Waals surface area (Å²) in [5.74, 6) is -0.733. The minimum Gasteiger partial charge on any atom is -0.575 e. The van der Waals surface area contributed by atoms with Crippen molar-refractivity contribution >= 4 is 20.0 Å². The average Bonchev–Trinajstić information content (AvgIpc) is 3.28. The summed E-state index contributed by atoms with van der Waals surface area (Å²) < 4.78 is 26.9. The van der Waals surface area contributed by atoms with E-state index in [4.69, 9.17) is 24.5 Å². The van der Waals surface area contributed by atoms with Gasteiger partial charge in [-0.15, -0.1) is 0 Å². The number of benzene rings is 1. The molecular weight excluding hydrogens is 633 g/mol. The van der Waals surface area contributed by atoms with Crippen molar-refractivity contribution in [3.63, 3.8) is 0 Å². The number of anilines is 1. The van der Waals surface area contributed by atoms with E-state index < -0.39 is 56.6 Å². The van der Waals surface area contributed by atoms with Crippen molar-refractivity contribution < 1.29 is 38.6 Å². The van der Waals surface area contributed by atoms with Crippen LogP contribution in [-0.4, -0.2) is 62.9 Å². The lowest BCUT2D eigenvalue weighted by Gasteiger charge is -2.26. The summed E-state index contributed by atoms with van der Waals surface area (Å²) in [5.41, 5.74) is 11.7. The molecule has 0 bridgehead atoms. The molecular formula is C30H44N7O9P. The molecule has 6 atom stereocenters. The maximum atomic E-state index is 12.7. The van der Waals surface area contributed by atoms with Crippen LogP contribution in [0.4, 0.5) is 5.82 Å². The number of hydrogen-bond acceptors (Lipinski definition) is 13. The van der Waals surface area contributed by atoms with Crippen LogP contribution < -0.4 is 25.6 Å². The summed E-state index contributed by atoms with van der Waals surface area (Å²) >= 11 is 0. The zero-order chi connectivity index (χ0) is 34.2. The van der Waals surface area contributed by atoms with Crippen LogP contribution in [0.25, 0.3) is 10.4 Å². The molecule has 0 aliphatic carbocycles. The van der Waals surface area contributed by atoms with Gasteiger partial charge in [-0.05, 0) is 37.1 Å². The topological polar surface area (TPSA) is 240 Å². The molecule has 2 heterocycles. The molecule has 2 aromatic rings. The highest BCUT2D eigenvalue weighted by Gasteiger charge is 2.56. The summed E-state index contributed by atoms with van der Waals surface area (Å²) in [6.07, 6.45) is 7.71. The number of rotatable bonds is 20. The highest BCUT2D eigenvalue weighted by molar-refractivity contribution is 7.34. The highest BCUT2D eigenvalue weighted by atomic mass is 31.1. The Hall–Kier alpha value is -3.78. The van der Waals surface area contributed by atoms with Gasteiger partial charge in [-0.2, -0.15) is 4.98 Å². The van der Waals surface area contributed by atoms with Crippen LogP contribution in [0.5, 0.6) is 11.5 Å². The van der Waals surface area contributed by atoms with E-state index >= 15 is 0 Å². The second kappa shape index (κ2) is 19.1. The van der Waals surface area contributed by atoms with E-state index in [0.29, 0.717) is 0 Å². The fraction of sp³-hybridized carbons (Fsp3) is 0.633. The fourth-order valence-corrected chi connectivity index (χ4v) is 5.67. The van der Waals surface area contributed by atoms with E-state index in [9.17, 15) is 30.2 Å². The fourth-order valence-electron chi connectivity index (χ4n) is 4.92. The summed E-state index contributed by atoms with van der Waals surface area (Å²) in [7, 11) is -2.74. The molecule has 1 fully saturated rings. The third-order valence-electron chi connectivity index (χ3n) is 7.55. The molecule has 4 N–H and O–H groups in total.